The smallest absolute Gasteiger partial charge is 0.264 e. The molecule has 6 heteroatoms. The number of amides is 1. The summed E-state index contributed by atoms with van der Waals surface area (Å²) in [7, 11) is 0. The van der Waals surface area contributed by atoms with Crippen LogP contribution in [0.3, 0.4) is 0 Å². The Morgan fingerprint density at radius 2 is 2.00 bits per heavy atom. The van der Waals surface area contributed by atoms with Crippen molar-refractivity contribution in [2.24, 2.45) is 0 Å². The largest absolute Gasteiger partial charge is 0.393 e. The molecular weight excluding hydrogens is 258 g/mol. The van der Waals surface area contributed by atoms with Gasteiger partial charge in [0.25, 0.3) is 11.5 Å². The molecule has 20 heavy (non-hydrogen) atoms. The number of nitrogens with one attached hydrogen (secondary N) is 1. The summed E-state index contributed by atoms with van der Waals surface area (Å²) in [5.74, 6) is 0.409. The van der Waals surface area contributed by atoms with Gasteiger partial charge in [-0.05, 0) is 19.8 Å². The van der Waals surface area contributed by atoms with Gasteiger partial charge in [-0.2, -0.15) is 0 Å². The van der Waals surface area contributed by atoms with E-state index in [0.29, 0.717) is 37.4 Å². The third-order valence-electron chi connectivity index (χ3n) is 3.63. The van der Waals surface area contributed by atoms with Gasteiger partial charge in [0, 0.05) is 19.0 Å². The van der Waals surface area contributed by atoms with E-state index in [2.05, 4.69) is 9.97 Å². The molecule has 2 heterocycles. The standard InChI is InChI=1S/C14H21N3O3/c1-8(2)12-15-9(3)11(13(19)16-12)14(20)17-6-4-10(18)5-7-17/h8,10,18H,4-7H2,1-3H3,(H,15,16,19). The highest BCUT2D eigenvalue weighted by atomic mass is 16.3. The molecule has 0 aromatic carbocycles. The lowest BCUT2D eigenvalue weighted by atomic mass is 10.1. The average molecular weight is 279 g/mol. The minimum atomic E-state index is -0.377. The Morgan fingerprint density at radius 1 is 1.40 bits per heavy atom. The molecule has 6 nitrogen and oxygen atoms in total. The normalized spacial score (nSPS) is 16.8. The van der Waals surface area contributed by atoms with Crippen LogP contribution in [0.2, 0.25) is 0 Å². The lowest BCUT2D eigenvalue weighted by molar-refractivity contribution is 0.0544. The van der Waals surface area contributed by atoms with Crippen molar-refractivity contribution in [1.29, 1.82) is 0 Å². The zero-order valence-electron chi connectivity index (χ0n) is 12.1. The zero-order chi connectivity index (χ0) is 14.9. The van der Waals surface area contributed by atoms with Crippen LogP contribution in [0.15, 0.2) is 4.79 Å². The number of hydrogen-bond acceptors (Lipinski definition) is 4. The van der Waals surface area contributed by atoms with Crippen LogP contribution in [0.25, 0.3) is 0 Å². The van der Waals surface area contributed by atoms with Gasteiger partial charge < -0.3 is 15.0 Å². The van der Waals surface area contributed by atoms with Crippen LogP contribution in [0.1, 0.15) is 54.5 Å². The maximum absolute atomic E-state index is 12.4. The topological polar surface area (TPSA) is 86.3 Å². The van der Waals surface area contributed by atoms with Crippen molar-refractivity contribution in [2.45, 2.75) is 45.6 Å². The molecule has 0 unspecified atom stereocenters. The summed E-state index contributed by atoms with van der Waals surface area (Å²) >= 11 is 0. The number of hydrogen-bond donors (Lipinski definition) is 2. The number of rotatable bonds is 2. The first kappa shape index (κ1) is 14.7. The Balaban J connectivity index is 2.29. The summed E-state index contributed by atoms with van der Waals surface area (Å²) in [5, 5.41) is 9.47. The number of aryl methyl sites for hydroxylation is 1. The highest BCUT2D eigenvalue weighted by Crippen LogP contribution is 2.14. The number of aromatic amines is 1. The predicted molar refractivity (Wildman–Crippen MR) is 74.8 cm³/mol. The maximum atomic E-state index is 12.4. The second-order valence-corrected chi connectivity index (χ2v) is 5.59. The van der Waals surface area contributed by atoms with E-state index in [1.54, 1.807) is 11.8 Å². The molecule has 0 aliphatic carbocycles. The van der Waals surface area contributed by atoms with Crippen molar-refractivity contribution >= 4 is 5.91 Å². The number of aliphatic hydroxyl groups is 1. The predicted octanol–water partition coefficient (Wildman–Crippen LogP) is 0.799. The number of carbonyl (C=O) groups excluding carboxylic acids is 1. The molecule has 0 spiro atoms. The number of likely N-dealkylation sites (tertiary alicyclic amines) is 1. The SMILES string of the molecule is Cc1nc(C(C)C)[nH]c(=O)c1C(=O)N1CCC(O)CC1. The summed E-state index contributed by atoms with van der Waals surface area (Å²) in [5.41, 5.74) is 0.205. The van der Waals surface area contributed by atoms with E-state index in [0.717, 1.165) is 0 Å². The fourth-order valence-corrected chi connectivity index (χ4v) is 2.36. The van der Waals surface area contributed by atoms with Crippen LogP contribution in [-0.4, -0.2) is 45.1 Å². The Labute approximate surface area is 117 Å². The number of aliphatic hydroxyl groups excluding tert-OH is 1. The van der Waals surface area contributed by atoms with Gasteiger partial charge in [0.05, 0.1) is 11.8 Å². The van der Waals surface area contributed by atoms with Crippen LogP contribution in [0.4, 0.5) is 0 Å². The van der Waals surface area contributed by atoms with E-state index in [-0.39, 0.29) is 29.1 Å². The van der Waals surface area contributed by atoms with Gasteiger partial charge in [-0.25, -0.2) is 4.98 Å². The van der Waals surface area contributed by atoms with Gasteiger partial charge in [-0.1, -0.05) is 13.8 Å². The van der Waals surface area contributed by atoms with Gasteiger partial charge in [-0.3, -0.25) is 9.59 Å². The lowest BCUT2D eigenvalue weighted by Gasteiger charge is -2.29. The third kappa shape index (κ3) is 2.90. The molecule has 0 bridgehead atoms. The van der Waals surface area contributed by atoms with Gasteiger partial charge in [0.2, 0.25) is 0 Å². The van der Waals surface area contributed by atoms with E-state index in [4.69, 9.17) is 0 Å². The van der Waals surface area contributed by atoms with Crippen LogP contribution < -0.4 is 5.56 Å². The molecule has 0 atom stereocenters. The first-order chi connectivity index (χ1) is 9.40. The number of aromatic nitrogens is 2. The number of carbonyl (C=O) groups is 1. The molecule has 1 fully saturated rings. The molecule has 1 aromatic rings. The van der Waals surface area contributed by atoms with E-state index < -0.39 is 0 Å². The first-order valence-corrected chi connectivity index (χ1v) is 6.98. The monoisotopic (exact) mass is 279 g/mol. The quantitative estimate of drug-likeness (QED) is 0.838. The second kappa shape index (κ2) is 5.75. The fourth-order valence-electron chi connectivity index (χ4n) is 2.36. The molecule has 0 saturated carbocycles. The Bertz CT molecular complexity index is 557. The molecule has 2 rings (SSSR count). The van der Waals surface area contributed by atoms with E-state index in [9.17, 15) is 14.7 Å². The van der Waals surface area contributed by atoms with Crippen molar-refractivity contribution in [2.75, 3.05) is 13.1 Å². The van der Waals surface area contributed by atoms with Crippen LogP contribution >= 0.6 is 0 Å². The molecule has 1 aliphatic rings. The molecule has 110 valence electrons. The third-order valence-corrected chi connectivity index (χ3v) is 3.63. The Hall–Kier alpha value is -1.69. The average Bonchev–Trinajstić information content (AvgIpc) is 2.38. The summed E-state index contributed by atoms with van der Waals surface area (Å²) in [6.45, 7) is 6.51. The summed E-state index contributed by atoms with van der Waals surface area (Å²) in [4.78, 5) is 33.1. The van der Waals surface area contributed by atoms with E-state index in [1.807, 2.05) is 13.8 Å². The van der Waals surface area contributed by atoms with Crippen LogP contribution in [0, 0.1) is 6.92 Å². The zero-order valence-corrected chi connectivity index (χ0v) is 12.1. The van der Waals surface area contributed by atoms with Crippen molar-refractivity contribution in [3.63, 3.8) is 0 Å². The highest BCUT2D eigenvalue weighted by molar-refractivity contribution is 5.94. The molecule has 0 radical (unpaired) electrons. The Morgan fingerprint density at radius 3 is 2.50 bits per heavy atom. The van der Waals surface area contributed by atoms with Crippen molar-refractivity contribution < 1.29 is 9.90 Å². The summed E-state index contributed by atoms with van der Waals surface area (Å²) in [6.07, 6.45) is 0.764. The summed E-state index contributed by atoms with van der Waals surface area (Å²) < 4.78 is 0. The highest BCUT2D eigenvalue weighted by Gasteiger charge is 2.26. The van der Waals surface area contributed by atoms with Gasteiger partial charge in [0.15, 0.2) is 0 Å². The minimum Gasteiger partial charge on any atom is -0.393 e. The number of piperidine rings is 1. The fraction of sp³-hybridized carbons (Fsp3) is 0.643. The van der Waals surface area contributed by atoms with Crippen LogP contribution in [0.5, 0.6) is 0 Å². The number of H-pyrrole nitrogens is 1. The molecule has 2 N–H and O–H groups in total. The van der Waals surface area contributed by atoms with E-state index in [1.165, 1.54) is 0 Å². The van der Waals surface area contributed by atoms with Crippen molar-refractivity contribution in [1.82, 2.24) is 14.9 Å². The summed E-state index contributed by atoms with van der Waals surface area (Å²) in [6, 6.07) is 0. The maximum Gasteiger partial charge on any atom is 0.264 e. The second-order valence-electron chi connectivity index (χ2n) is 5.59. The molecule has 1 amide bonds. The van der Waals surface area contributed by atoms with Crippen molar-refractivity contribution in [3.8, 4) is 0 Å². The molecule has 1 saturated heterocycles. The van der Waals surface area contributed by atoms with E-state index >= 15 is 0 Å². The minimum absolute atomic E-state index is 0.107. The molecular formula is C14H21N3O3. The molecule has 1 aliphatic heterocycles. The molecule has 1 aromatic heterocycles. The van der Waals surface area contributed by atoms with Crippen LogP contribution in [-0.2, 0) is 0 Å². The Kier molecular flexibility index (Phi) is 4.23. The van der Waals surface area contributed by atoms with Gasteiger partial charge in [0.1, 0.15) is 11.4 Å². The van der Waals surface area contributed by atoms with Gasteiger partial charge in [-0.15, -0.1) is 0 Å². The first-order valence-electron chi connectivity index (χ1n) is 6.98. The van der Waals surface area contributed by atoms with Crippen molar-refractivity contribution in [3.05, 3.63) is 27.4 Å². The van der Waals surface area contributed by atoms with Gasteiger partial charge >= 0.3 is 0 Å². The number of nitrogens with zero attached hydrogens (tertiary/aromatic N) is 2. The lowest BCUT2D eigenvalue weighted by Crippen LogP contribution is -2.42.